The number of hydrogen-bond donors (Lipinski definition) is 1. The lowest BCUT2D eigenvalue weighted by molar-refractivity contribution is -0.130. The number of carbonyl (C=O) groups excluding carboxylic acids is 1. The zero-order valence-corrected chi connectivity index (χ0v) is 18.1. The van der Waals surface area contributed by atoms with Crippen molar-refractivity contribution in [3.8, 4) is 0 Å². The third-order valence-electron chi connectivity index (χ3n) is 5.20. The second-order valence-electron chi connectivity index (χ2n) is 7.51. The van der Waals surface area contributed by atoms with E-state index in [9.17, 15) is 13.2 Å². The van der Waals surface area contributed by atoms with Gasteiger partial charge < -0.3 is 0 Å². The molecule has 1 aliphatic heterocycles. The van der Waals surface area contributed by atoms with Gasteiger partial charge >= 0.3 is 0 Å². The Kier molecular flexibility index (Phi) is 5.61. The van der Waals surface area contributed by atoms with Gasteiger partial charge in [-0.25, -0.2) is 13.4 Å². The number of rotatable bonds is 5. The van der Waals surface area contributed by atoms with Gasteiger partial charge in [0.25, 0.3) is 10.0 Å². The summed E-state index contributed by atoms with van der Waals surface area (Å²) >= 11 is 0. The molecule has 0 bridgehead atoms. The van der Waals surface area contributed by atoms with E-state index in [-0.39, 0.29) is 16.8 Å². The smallest absolute Gasteiger partial charge is 0.261 e. The molecule has 0 saturated heterocycles. The minimum absolute atomic E-state index is 0.163. The third-order valence-corrected chi connectivity index (χ3v) is 6.58. The molecular formula is C24H23N3O3S. The Morgan fingerprint density at radius 1 is 1.00 bits per heavy atom. The Morgan fingerprint density at radius 2 is 1.71 bits per heavy atom. The first-order valence-electron chi connectivity index (χ1n) is 9.96. The summed E-state index contributed by atoms with van der Waals surface area (Å²) in [5.41, 5.74) is 3.84. The molecule has 1 N–H and O–H groups in total. The largest absolute Gasteiger partial charge is 0.279 e. The summed E-state index contributed by atoms with van der Waals surface area (Å²) < 4.78 is 28.4. The number of hydrazone groups is 1. The highest BCUT2D eigenvalue weighted by molar-refractivity contribution is 7.92. The van der Waals surface area contributed by atoms with E-state index in [1.165, 1.54) is 11.9 Å². The van der Waals surface area contributed by atoms with Crippen LogP contribution in [0.3, 0.4) is 0 Å². The Balaban J connectivity index is 1.69. The number of sulfonamides is 1. The fraction of sp³-hybridized carbons (Fsp3) is 0.167. The average Bonchev–Trinajstić information content (AvgIpc) is 3.20. The van der Waals surface area contributed by atoms with Gasteiger partial charge in [-0.15, -0.1) is 0 Å². The molecule has 158 valence electrons. The normalized spacial score (nSPS) is 16.1. The van der Waals surface area contributed by atoms with Crippen molar-refractivity contribution in [2.75, 3.05) is 4.72 Å². The van der Waals surface area contributed by atoms with Gasteiger partial charge in [-0.2, -0.15) is 5.10 Å². The topological polar surface area (TPSA) is 78.8 Å². The molecule has 0 aliphatic carbocycles. The maximum atomic E-state index is 12.8. The number of benzene rings is 3. The Bertz CT molecular complexity index is 1250. The first-order valence-corrected chi connectivity index (χ1v) is 11.4. The van der Waals surface area contributed by atoms with E-state index in [1.54, 1.807) is 42.5 Å². The molecule has 1 atom stereocenters. The van der Waals surface area contributed by atoms with E-state index in [4.69, 9.17) is 0 Å². The van der Waals surface area contributed by atoms with Crippen LogP contribution in [-0.2, 0) is 14.8 Å². The highest BCUT2D eigenvalue weighted by atomic mass is 32.2. The van der Waals surface area contributed by atoms with E-state index in [2.05, 4.69) is 9.82 Å². The average molecular weight is 434 g/mol. The Labute approximate surface area is 182 Å². The Morgan fingerprint density at radius 3 is 2.42 bits per heavy atom. The fourth-order valence-corrected chi connectivity index (χ4v) is 4.83. The van der Waals surface area contributed by atoms with Crippen LogP contribution in [0.5, 0.6) is 0 Å². The van der Waals surface area contributed by atoms with Crippen LogP contribution >= 0.6 is 0 Å². The first kappa shape index (κ1) is 20.8. The molecule has 0 spiro atoms. The van der Waals surface area contributed by atoms with E-state index in [0.717, 1.165) is 11.1 Å². The van der Waals surface area contributed by atoms with Gasteiger partial charge in [-0.3, -0.25) is 9.52 Å². The van der Waals surface area contributed by atoms with Crippen molar-refractivity contribution in [1.29, 1.82) is 0 Å². The van der Waals surface area contributed by atoms with E-state index < -0.39 is 10.0 Å². The molecule has 3 aromatic rings. The van der Waals surface area contributed by atoms with Gasteiger partial charge in [0.1, 0.15) is 0 Å². The van der Waals surface area contributed by atoms with Crippen molar-refractivity contribution < 1.29 is 13.2 Å². The standard InChI is InChI=1S/C24H23N3O3S/c1-17-9-8-10-19(15-17)24-16-23(25-27(24)18(2)28)21-13-6-7-14-22(21)26-31(29,30)20-11-4-3-5-12-20/h3-15,24,26H,16H2,1-2H3/t24-/m1/s1. The Hall–Kier alpha value is -3.45. The molecule has 1 amide bonds. The van der Waals surface area contributed by atoms with Crippen LogP contribution in [0.25, 0.3) is 0 Å². The zero-order valence-electron chi connectivity index (χ0n) is 17.3. The van der Waals surface area contributed by atoms with Crippen molar-refractivity contribution in [1.82, 2.24) is 5.01 Å². The van der Waals surface area contributed by atoms with Crippen LogP contribution in [0.2, 0.25) is 0 Å². The highest BCUT2D eigenvalue weighted by Crippen LogP contribution is 2.35. The molecule has 4 rings (SSSR count). The highest BCUT2D eigenvalue weighted by Gasteiger charge is 2.32. The van der Waals surface area contributed by atoms with Crippen molar-refractivity contribution >= 4 is 27.3 Å². The number of carbonyl (C=O) groups is 1. The second kappa shape index (κ2) is 8.35. The minimum Gasteiger partial charge on any atom is -0.279 e. The van der Waals surface area contributed by atoms with Crippen LogP contribution in [0, 0.1) is 6.92 Å². The monoisotopic (exact) mass is 433 g/mol. The summed E-state index contributed by atoms with van der Waals surface area (Å²) in [4.78, 5) is 12.5. The molecule has 31 heavy (non-hydrogen) atoms. The van der Waals surface area contributed by atoms with Gasteiger partial charge in [0, 0.05) is 18.9 Å². The molecule has 0 aromatic heterocycles. The molecule has 7 heteroatoms. The summed E-state index contributed by atoms with van der Waals surface area (Å²) in [5.74, 6) is -0.163. The van der Waals surface area contributed by atoms with Gasteiger partial charge in [-0.05, 0) is 30.7 Å². The SMILES string of the molecule is CC(=O)N1N=C(c2ccccc2NS(=O)(=O)c2ccccc2)C[C@@H]1c1cccc(C)c1. The molecule has 0 fully saturated rings. The molecular weight excluding hydrogens is 410 g/mol. The van der Waals surface area contributed by atoms with Crippen molar-refractivity contribution in [3.05, 3.63) is 95.6 Å². The van der Waals surface area contributed by atoms with Gasteiger partial charge in [-0.1, -0.05) is 66.2 Å². The van der Waals surface area contributed by atoms with Crippen LogP contribution in [0.1, 0.15) is 36.1 Å². The number of nitrogens with one attached hydrogen (secondary N) is 1. The summed E-state index contributed by atoms with van der Waals surface area (Å²) in [6.45, 7) is 3.49. The summed E-state index contributed by atoms with van der Waals surface area (Å²) in [5, 5.41) is 6.05. The van der Waals surface area contributed by atoms with Crippen LogP contribution in [-0.4, -0.2) is 25.0 Å². The molecule has 1 heterocycles. The molecule has 3 aromatic carbocycles. The van der Waals surface area contributed by atoms with Gasteiger partial charge in [0.15, 0.2) is 0 Å². The first-order chi connectivity index (χ1) is 14.8. The van der Waals surface area contributed by atoms with E-state index in [1.807, 2.05) is 43.3 Å². The van der Waals surface area contributed by atoms with E-state index >= 15 is 0 Å². The quantitative estimate of drug-likeness (QED) is 0.644. The number of nitrogens with zero attached hydrogens (tertiary/aromatic N) is 2. The van der Waals surface area contributed by atoms with Crippen molar-refractivity contribution in [2.24, 2.45) is 5.10 Å². The summed E-state index contributed by atoms with van der Waals surface area (Å²) in [6, 6.07) is 23.1. The lowest BCUT2D eigenvalue weighted by Gasteiger charge is -2.20. The summed E-state index contributed by atoms with van der Waals surface area (Å²) in [7, 11) is -3.75. The lowest BCUT2D eigenvalue weighted by Crippen LogP contribution is -2.24. The summed E-state index contributed by atoms with van der Waals surface area (Å²) in [6.07, 6.45) is 0.493. The maximum absolute atomic E-state index is 12.8. The van der Waals surface area contributed by atoms with Gasteiger partial charge in [0.05, 0.1) is 22.3 Å². The van der Waals surface area contributed by atoms with Crippen molar-refractivity contribution in [2.45, 2.75) is 31.2 Å². The third kappa shape index (κ3) is 4.36. The molecule has 0 saturated carbocycles. The molecule has 1 aliphatic rings. The maximum Gasteiger partial charge on any atom is 0.261 e. The van der Waals surface area contributed by atoms with Gasteiger partial charge in [0.2, 0.25) is 5.91 Å². The van der Waals surface area contributed by atoms with Crippen molar-refractivity contribution in [3.63, 3.8) is 0 Å². The lowest BCUT2D eigenvalue weighted by atomic mass is 9.96. The minimum atomic E-state index is -3.75. The van der Waals surface area contributed by atoms with Crippen LogP contribution in [0.15, 0.2) is 88.9 Å². The van der Waals surface area contributed by atoms with Crippen LogP contribution < -0.4 is 4.72 Å². The number of aryl methyl sites for hydroxylation is 1. The number of para-hydroxylation sites is 1. The molecule has 0 radical (unpaired) electrons. The molecule has 6 nitrogen and oxygen atoms in total. The number of hydrogen-bond acceptors (Lipinski definition) is 4. The van der Waals surface area contributed by atoms with E-state index in [0.29, 0.717) is 23.4 Å². The predicted octanol–water partition coefficient (Wildman–Crippen LogP) is 4.49. The van der Waals surface area contributed by atoms with Crippen LogP contribution in [0.4, 0.5) is 5.69 Å². The molecule has 0 unspecified atom stereocenters. The number of amides is 1. The fourth-order valence-electron chi connectivity index (χ4n) is 3.73. The zero-order chi connectivity index (χ0) is 22.0. The second-order valence-corrected chi connectivity index (χ2v) is 9.19. The predicted molar refractivity (Wildman–Crippen MR) is 121 cm³/mol. The number of anilines is 1.